The number of rotatable bonds is 10. The molecule has 0 saturated carbocycles. The van der Waals surface area contributed by atoms with Gasteiger partial charge in [-0.25, -0.2) is 4.79 Å². The Hall–Kier alpha value is -5.40. The minimum absolute atomic E-state index is 0.0402. The lowest BCUT2D eigenvalue weighted by atomic mass is 9.72. The number of phenolic OH excluding ortho intramolecular Hbond substituents is 2. The molecule has 0 bridgehead atoms. The van der Waals surface area contributed by atoms with Crippen molar-refractivity contribution in [2.75, 3.05) is 20.3 Å². The number of amides is 2. The van der Waals surface area contributed by atoms with Crippen molar-refractivity contribution in [2.24, 2.45) is 5.41 Å². The second-order valence-electron chi connectivity index (χ2n) is 15.3. The zero-order valence-corrected chi connectivity index (χ0v) is 32.0. The molecule has 2 amide bonds. The molecular weight excluding hydrogens is 764 g/mol. The summed E-state index contributed by atoms with van der Waals surface area (Å²) in [6, 6.07) is 3.20. The number of allylic oxidation sites excluding steroid dienone is 1. The Morgan fingerprint density at radius 2 is 1.76 bits per heavy atom. The molecule has 1 saturated heterocycles. The number of carbonyl (C=O) groups is 6. The first kappa shape index (κ1) is 42.2. The number of aliphatic carboxylic acids is 1. The van der Waals surface area contributed by atoms with E-state index in [1.165, 1.54) is 32.2 Å². The number of alkyl carbamates (subject to hydrolysis) is 1. The van der Waals surface area contributed by atoms with E-state index in [-0.39, 0.29) is 47.3 Å². The molecule has 4 aliphatic rings. The molecule has 0 spiro atoms. The lowest BCUT2D eigenvalue weighted by molar-refractivity contribution is -0.249. The van der Waals surface area contributed by atoms with Crippen LogP contribution in [0.2, 0.25) is 0 Å². The SMILES string of the molecule is COc1cccc2c1C(=O)c1c(O)c3c(c(O)c1C2=O)C[C@@](O)(C(=O)CO)C[C@@H]3O[C@H]1C[C@@H](NC(=O)O[C@@H]2/C=C/CC[C@](C)(C(=O)NCC(=O)O)CC2)[C@H](O)C(C)O1. The van der Waals surface area contributed by atoms with Gasteiger partial charge < -0.3 is 60.2 Å². The van der Waals surface area contributed by atoms with Crippen molar-refractivity contribution in [1.82, 2.24) is 10.6 Å². The molecule has 1 fully saturated rings. The summed E-state index contributed by atoms with van der Waals surface area (Å²) in [7, 11) is 1.29. The first-order valence-corrected chi connectivity index (χ1v) is 18.8. The first-order valence-electron chi connectivity index (χ1n) is 18.8. The van der Waals surface area contributed by atoms with E-state index in [1.54, 1.807) is 19.1 Å². The number of ether oxygens (including phenoxy) is 4. The molecular formula is C40H46N2O16. The molecule has 1 aliphatic heterocycles. The third-order valence-corrected chi connectivity index (χ3v) is 11.5. The van der Waals surface area contributed by atoms with Crippen molar-refractivity contribution >= 4 is 35.3 Å². The molecule has 8 atom stereocenters. The van der Waals surface area contributed by atoms with Gasteiger partial charge >= 0.3 is 12.1 Å². The van der Waals surface area contributed by atoms with Crippen molar-refractivity contribution < 1.29 is 78.4 Å². The van der Waals surface area contributed by atoms with Crippen LogP contribution in [0, 0.1) is 5.41 Å². The molecule has 0 radical (unpaired) electrons. The molecule has 312 valence electrons. The van der Waals surface area contributed by atoms with Crippen molar-refractivity contribution in [3.63, 3.8) is 0 Å². The smallest absolute Gasteiger partial charge is 0.408 e. The van der Waals surface area contributed by atoms with E-state index in [0.29, 0.717) is 12.8 Å². The Labute approximate surface area is 331 Å². The van der Waals surface area contributed by atoms with Gasteiger partial charge in [-0.2, -0.15) is 0 Å². The van der Waals surface area contributed by atoms with E-state index in [4.69, 9.17) is 24.1 Å². The van der Waals surface area contributed by atoms with E-state index >= 15 is 0 Å². The fourth-order valence-corrected chi connectivity index (χ4v) is 8.21. The molecule has 2 aromatic carbocycles. The molecule has 2 aromatic rings. The number of aliphatic hydroxyl groups excluding tert-OH is 2. The van der Waals surface area contributed by atoms with E-state index in [0.717, 1.165) is 0 Å². The summed E-state index contributed by atoms with van der Waals surface area (Å²) in [5.41, 5.74) is -5.18. The fourth-order valence-electron chi connectivity index (χ4n) is 8.21. The number of phenols is 2. The maximum Gasteiger partial charge on any atom is 0.408 e. The number of carboxylic acid groups (broad SMARTS) is 1. The highest BCUT2D eigenvalue weighted by molar-refractivity contribution is 6.31. The van der Waals surface area contributed by atoms with E-state index in [2.05, 4.69) is 10.6 Å². The number of benzene rings is 2. The number of aliphatic hydroxyl groups is 3. The van der Waals surface area contributed by atoms with Gasteiger partial charge in [-0.15, -0.1) is 0 Å². The molecule has 1 heterocycles. The Kier molecular flexibility index (Phi) is 12.0. The van der Waals surface area contributed by atoms with Gasteiger partial charge in [-0.1, -0.05) is 25.1 Å². The number of methoxy groups -OCH3 is 1. The topological polar surface area (TPSA) is 285 Å². The van der Waals surface area contributed by atoms with Crippen LogP contribution in [0.3, 0.4) is 0 Å². The molecule has 6 rings (SSSR count). The van der Waals surface area contributed by atoms with Crippen LogP contribution in [0.25, 0.3) is 0 Å². The van der Waals surface area contributed by atoms with Gasteiger partial charge in [0.25, 0.3) is 0 Å². The highest BCUT2D eigenvalue weighted by Crippen LogP contribution is 2.52. The van der Waals surface area contributed by atoms with Crippen LogP contribution in [0.5, 0.6) is 17.2 Å². The summed E-state index contributed by atoms with van der Waals surface area (Å²) in [6.45, 7) is 1.55. The third-order valence-electron chi connectivity index (χ3n) is 11.5. The predicted molar refractivity (Wildman–Crippen MR) is 197 cm³/mol. The Morgan fingerprint density at radius 1 is 1.03 bits per heavy atom. The lowest BCUT2D eigenvalue weighted by Gasteiger charge is -2.42. The normalized spacial score (nSPS) is 29.7. The van der Waals surface area contributed by atoms with Gasteiger partial charge in [0.1, 0.15) is 48.2 Å². The van der Waals surface area contributed by atoms with Gasteiger partial charge in [-0.3, -0.25) is 24.0 Å². The number of carbonyl (C=O) groups excluding carboxylic acids is 5. The minimum Gasteiger partial charge on any atom is -0.507 e. The van der Waals surface area contributed by atoms with Crippen LogP contribution in [-0.2, 0) is 35.0 Å². The van der Waals surface area contributed by atoms with Gasteiger partial charge in [0, 0.05) is 41.4 Å². The van der Waals surface area contributed by atoms with E-state index in [9.17, 15) is 54.3 Å². The van der Waals surface area contributed by atoms with E-state index in [1.807, 2.05) is 0 Å². The van der Waals surface area contributed by atoms with Crippen LogP contribution in [0.15, 0.2) is 30.4 Å². The average Bonchev–Trinajstić information content (AvgIpc) is 3.18. The van der Waals surface area contributed by atoms with E-state index < -0.39 is 132 Å². The zero-order chi connectivity index (χ0) is 42.3. The molecule has 18 nitrogen and oxygen atoms in total. The number of hydrogen-bond acceptors (Lipinski definition) is 15. The summed E-state index contributed by atoms with van der Waals surface area (Å²) >= 11 is 0. The molecule has 18 heteroatoms. The number of fused-ring (bicyclic) bond motifs is 3. The summed E-state index contributed by atoms with van der Waals surface area (Å²) in [5.74, 6) is -5.85. The molecule has 58 heavy (non-hydrogen) atoms. The largest absolute Gasteiger partial charge is 0.507 e. The standard InChI is InChI=1S/C40H46N2O16/c1-18-32(47)22(42-38(53)57-19-7-4-5-11-39(2,12-10-19)37(52)41-16-26(45)46)13-27(56-18)58-24-15-40(54,25(44)17-43)14-21-29(24)36(51)31-30(34(21)49)33(48)20-8-6-9-23(55-3)28(20)35(31)50/h4,6-9,18-19,22,24,27,32,43,47,49,51,54H,5,10-17H2,1-3H3,(H,41,52)(H,42,53)(H,45,46)/b7-4+/t18?,19-,22-,24+,27+,32-,39+,40+/m1/s1. The van der Waals surface area contributed by atoms with Crippen molar-refractivity contribution in [3.05, 3.63) is 63.7 Å². The predicted octanol–water partition coefficient (Wildman–Crippen LogP) is 1.47. The monoisotopic (exact) mass is 810 g/mol. The Morgan fingerprint density at radius 3 is 2.45 bits per heavy atom. The summed E-state index contributed by atoms with van der Waals surface area (Å²) in [6.07, 6.45) is -3.55. The van der Waals surface area contributed by atoms with Crippen LogP contribution in [0.1, 0.15) is 101 Å². The van der Waals surface area contributed by atoms with Gasteiger partial charge in [-0.05, 0) is 44.7 Å². The Bertz CT molecular complexity index is 2070. The zero-order valence-electron chi connectivity index (χ0n) is 32.0. The highest BCUT2D eigenvalue weighted by Gasteiger charge is 2.50. The minimum atomic E-state index is -2.38. The lowest BCUT2D eigenvalue weighted by Crippen LogP contribution is -2.56. The van der Waals surface area contributed by atoms with Gasteiger partial charge in [0.05, 0.1) is 42.0 Å². The Balaban J connectivity index is 1.24. The second kappa shape index (κ2) is 16.5. The molecule has 3 aliphatic carbocycles. The number of nitrogens with one attached hydrogen (secondary N) is 2. The number of ketones is 3. The van der Waals surface area contributed by atoms with Crippen molar-refractivity contribution in [2.45, 2.75) is 101 Å². The average molecular weight is 811 g/mol. The highest BCUT2D eigenvalue weighted by atomic mass is 16.7. The van der Waals surface area contributed by atoms with Crippen LogP contribution < -0.4 is 15.4 Å². The number of carboxylic acids is 1. The molecule has 0 aromatic heterocycles. The van der Waals surface area contributed by atoms with Crippen molar-refractivity contribution in [1.29, 1.82) is 0 Å². The maximum absolute atomic E-state index is 14.0. The summed E-state index contributed by atoms with van der Waals surface area (Å²) < 4.78 is 23.1. The molecule has 1 unspecified atom stereocenters. The first-order chi connectivity index (χ1) is 27.4. The fraction of sp³-hybridized carbons (Fsp3) is 0.500. The van der Waals surface area contributed by atoms with Crippen molar-refractivity contribution in [3.8, 4) is 17.2 Å². The maximum atomic E-state index is 14.0. The van der Waals surface area contributed by atoms with Crippen LogP contribution in [-0.4, -0.2) is 122 Å². The third kappa shape index (κ3) is 7.89. The summed E-state index contributed by atoms with van der Waals surface area (Å²) in [4.78, 5) is 77.7. The van der Waals surface area contributed by atoms with Gasteiger partial charge in [0.2, 0.25) is 11.7 Å². The number of aromatic hydroxyl groups is 2. The van der Waals surface area contributed by atoms with Crippen LogP contribution in [0.4, 0.5) is 4.79 Å². The summed E-state index contributed by atoms with van der Waals surface area (Å²) in [5, 5.41) is 69.7. The second-order valence-corrected chi connectivity index (χ2v) is 15.3. The number of hydrogen-bond donors (Lipinski definition) is 8. The number of Topliss-reactive ketones (excluding diaryl/α,β-unsaturated/α-hetero) is 1. The van der Waals surface area contributed by atoms with Gasteiger partial charge in [0.15, 0.2) is 17.9 Å². The molecule has 8 N–H and O–H groups in total. The quantitative estimate of drug-likeness (QED) is 0.106. The van der Waals surface area contributed by atoms with Crippen LogP contribution >= 0.6 is 0 Å².